The Morgan fingerprint density at radius 3 is 2.80 bits per heavy atom. The van der Waals surface area contributed by atoms with Gasteiger partial charge in [0, 0.05) is 4.88 Å². The van der Waals surface area contributed by atoms with E-state index in [0.29, 0.717) is 18.0 Å². The summed E-state index contributed by atoms with van der Waals surface area (Å²) >= 11 is 1.47. The molecule has 0 saturated carbocycles. The SMILES string of the molecule is CCCC(C)(NC(=O)Nc1nc2c(s1)CCC2)C(=O)O. The van der Waals surface area contributed by atoms with E-state index in [1.54, 1.807) is 0 Å². The zero-order chi connectivity index (χ0) is 14.8. The maximum Gasteiger partial charge on any atom is 0.329 e. The van der Waals surface area contributed by atoms with Crippen LogP contribution in [0.4, 0.5) is 9.93 Å². The van der Waals surface area contributed by atoms with E-state index < -0.39 is 17.5 Å². The van der Waals surface area contributed by atoms with Crippen LogP contribution < -0.4 is 10.6 Å². The molecule has 1 heterocycles. The number of aryl methyl sites for hydroxylation is 2. The number of nitrogens with one attached hydrogen (secondary N) is 2. The van der Waals surface area contributed by atoms with E-state index in [2.05, 4.69) is 15.6 Å². The van der Waals surface area contributed by atoms with Crippen LogP contribution in [-0.2, 0) is 17.6 Å². The molecule has 20 heavy (non-hydrogen) atoms. The lowest BCUT2D eigenvalue weighted by Gasteiger charge is -2.25. The van der Waals surface area contributed by atoms with E-state index >= 15 is 0 Å². The predicted octanol–water partition coefficient (Wildman–Crippen LogP) is 2.40. The van der Waals surface area contributed by atoms with Crippen molar-refractivity contribution in [2.24, 2.45) is 0 Å². The molecule has 1 atom stereocenters. The van der Waals surface area contributed by atoms with Crippen molar-refractivity contribution in [2.75, 3.05) is 5.32 Å². The Kier molecular flexibility index (Phi) is 4.27. The average molecular weight is 297 g/mol. The van der Waals surface area contributed by atoms with Gasteiger partial charge in [-0.15, -0.1) is 11.3 Å². The van der Waals surface area contributed by atoms with Crippen molar-refractivity contribution in [1.29, 1.82) is 0 Å². The molecule has 2 rings (SSSR count). The molecule has 1 aromatic rings. The molecule has 0 fully saturated rings. The number of hydrogen-bond donors (Lipinski definition) is 3. The number of aliphatic carboxylic acids is 1. The van der Waals surface area contributed by atoms with Gasteiger partial charge in [0.2, 0.25) is 0 Å². The minimum atomic E-state index is -1.25. The van der Waals surface area contributed by atoms with Crippen LogP contribution in [0, 0.1) is 0 Å². The van der Waals surface area contributed by atoms with Gasteiger partial charge in [0.25, 0.3) is 0 Å². The number of carboxylic acids is 1. The van der Waals surface area contributed by atoms with Crippen LogP contribution in [0.1, 0.15) is 43.7 Å². The molecule has 1 aliphatic rings. The summed E-state index contributed by atoms with van der Waals surface area (Å²) in [5.41, 5.74) is -0.196. The molecule has 7 heteroatoms. The van der Waals surface area contributed by atoms with E-state index in [9.17, 15) is 14.7 Å². The molecule has 3 N–H and O–H groups in total. The van der Waals surface area contributed by atoms with Gasteiger partial charge in [-0.2, -0.15) is 0 Å². The first-order chi connectivity index (χ1) is 9.44. The molecule has 0 aromatic carbocycles. The van der Waals surface area contributed by atoms with Crippen molar-refractivity contribution in [3.63, 3.8) is 0 Å². The van der Waals surface area contributed by atoms with Gasteiger partial charge in [0.05, 0.1) is 5.69 Å². The van der Waals surface area contributed by atoms with Crippen LogP contribution in [0.3, 0.4) is 0 Å². The van der Waals surface area contributed by atoms with Gasteiger partial charge >= 0.3 is 12.0 Å². The minimum absolute atomic E-state index is 0.379. The maximum atomic E-state index is 11.9. The molecule has 0 spiro atoms. The van der Waals surface area contributed by atoms with Crippen LogP contribution in [0.25, 0.3) is 0 Å². The van der Waals surface area contributed by atoms with E-state index in [0.717, 1.165) is 25.0 Å². The highest BCUT2D eigenvalue weighted by Crippen LogP contribution is 2.30. The third-order valence-electron chi connectivity index (χ3n) is 3.43. The highest BCUT2D eigenvalue weighted by atomic mass is 32.1. The highest BCUT2D eigenvalue weighted by molar-refractivity contribution is 7.15. The number of aromatic nitrogens is 1. The molecule has 1 aromatic heterocycles. The van der Waals surface area contributed by atoms with Crippen molar-refractivity contribution in [2.45, 2.75) is 51.5 Å². The first-order valence-corrected chi connectivity index (χ1v) is 7.57. The van der Waals surface area contributed by atoms with Gasteiger partial charge in [0.15, 0.2) is 5.13 Å². The molecule has 0 aliphatic heterocycles. The largest absolute Gasteiger partial charge is 0.480 e. The Morgan fingerprint density at radius 1 is 1.45 bits per heavy atom. The first kappa shape index (κ1) is 14.8. The number of thiazole rings is 1. The minimum Gasteiger partial charge on any atom is -0.480 e. The molecule has 0 bridgehead atoms. The molecule has 110 valence electrons. The zero-order valence-corrected chi connectivity index (χ0v) is 12.5. The van der Waals surface area contributed by atoms with Crippen molar-refractivity contribution >= 4 is 28.5 Å². The number of carbonyl (C=O) groups excluding carboxylic acids is 1. The normalized spacial score (nSPS) is 16.3. The van der Waals surface area contributed by atoms with E-state index in [4.69, 9.17) is 0 Å². The molecule has 0 saturated heterocycles. The second-order valence-electron chi connectivity index (χ2n) is 5.21. The van der Waals surface area contributed by atoms with Crippen LogP contribution >= 0.6 is 11.3 Å². The monoisotopic (exact) mass is 297 g/mol. The maximum absolute atomic E-state index is 11.9. The zero-order valence-electron chi connectivity index (χ0n) is 11.7. The number of fused-ring (bicyclic) bond motifs is 1. The molecular weight excluding hydrogens is 278 g/mol. The van der Waals surface area contributed by atoms with Crippen molar-refractivity contribution < 1.29 is 14.7 Å². The number of anilines is 1. The highest BCUT2D eigenvalue weighted by Gasteiger charge is 2.34. The number of nitrogens with zero attached hydrogens (tertiary/aromatic N) is 1. The smallest absolute Gasteiger partial charge is 0.329 e. The molecule has 1 aliphatic carbocycles. The lowest BCUT2D eigenvalue weighted by atomic mass is 9.97. The Morgan fingerprint density at radius 2 is 2.20 bits per heavy atom. The van der Waals surface area contributed by atoms with Crippen LogP contribution in [0.2, 0.25) is 0 Å². The number of urea groups is 1. The lowest BCUT2D eigenvalue weighted by molar-refractivity contribution is -0.143. The van der Waals surface area contributed by atoms with Gasteiger partial charge in [-0.25, -0.2) is 14.6 Å². The van der Waals surface area contributed by atoms with Crippen molar-refractivity contribution in [3.05, 3.63) is 10.6 Å². The molecule has 0 radical (unpaired) electrons. The second-order valence-corrected chi connectivity index (χ2v) is 6.29. The number of carboxylic acid groups (broad SMARTS) is 1. The van der Waals surface area contributed by atoms with Crippen LogP contribution in [0.5, 0.6) is 0 Å². The number of hydrogen-bond acceptors (Lipinski definition) is 4. The summed E-state index contributed by atoms with van der Waals surface area (Å²) in [5.74, 6) is -1.03. The first-order valence-electron chi connectivity index (χ1n) is 6.76. The Bertz CT molecular complexity index is 507. The summed E-state index contributed by atoms with van der Waals surface area (Å²) in [6.45, 7) is 3.40. The van der Waals surface area contributed by atoms with Crippen LogP contribution in [-0.4, -0.2) is 27.6 Å². The summed E-state index contributed by atoms with van der Waals surface area (Å²) in [7, 11) is 0. The van der Waals surface area contributed by atoms with Crippen molar-refractivity contribution in [3.8, 4) is 0 Å². The number of rotatable bonds is 5. The molecule has 1 unspecified atom stereocenters. The molecule has 6 nitrogen and oxygen atoms in total. The molecule has 2 amide bonds. The van der Waals surface area contributed by atoms with E-state index in [-0.39, 0.29) is 0 Å². The summed E-state index contributed by atoms with van der Waals surface area (Å²) in [4.78, 5) is 28.7. The average Bonchev–Trinajstić information content (AvgIpc) is 2.89. The fraction of sp³-hybridized carbons (Fsp3) is 0.615. The van der Waals surface area contributed by atoms with Gasteiger partial charge in [0.1, 0.15) is 5.54 Å². The predicted molar refractivity (Wildman–Crippen MR) is 77.2 cm³/mol. The quantitative estimate of drug-likeness (QED) is 0.778. The second kappa shape index (κ2) is 5.78. The van der Waals surface area contributed by atoms with Gasteiger partial charge in [-0.3, -0.25) is 5.32 Å². The molecular formula is C13H19N3O3S. The fourth-order valence-electron chi connectivity index (χ4n) is 2.35. The van der Waals surface area contributed by atoms with Crippen molar-refractivity contribution in [1.82, 2.24) is 10.3 Å². The standard InChI is InChI=1S/C13H19N3O3S/c1-3-7-13(2,10(17)18)16-11(19)15-12-14-8-5-4-6-9(8)20-12/h3-7H2,1-2H3,(H,17,18)(H2,14,15,16,19). The third-order valence-corrected chi connectivity index (χ3v) is 4.50. The Balaban J connectivity index is 1.98. The van der Waals surface area contributed by atoms with Crippen LogP contribution in [0.15, 0.2) is 0 Å². The topological polar surface area (TPSA) is 91.3 Å². The lowest BCUT2D eigenvalue weighted by Crippen LogP contribution is -2.53. The van der Waals surface area contributed by atoms with E-state index in [1.165, 1.54) is 23.1 Å². The number of amides is 2. The summed E-state index contributed by atoms with van der Waals surface area (Å²) in [6, 6.07) is -0.518. The number of carbonyl (C=O) groups is 2. The van der Waals surface area contributed by atoms with Gasteiger partial charge in [-0.1, -0.05) is 13.3 Å². The summed E-state index contributed by atoms with van der Waals surface area (Å²) in [5, 5.41) is 14.9. The summed E-state index contributed by atoms with van der Waals surface area (Å²) < 4.78 is 0. The van der Waals surface area contributed by atoms with Gasteiger partial charge in [-0.05, 0) is 32.6 Å². The summed E-state index contributed by atoms with van der Waals surface area (Å²) in [6.07, 6.45) is 4.14. The van der Waals surface area contributed by atoms with E-state index in [1.807, 2.05) is 6.92 Å². The third kappa shape index (κ3) is 3.09. The Labute approximate surface area is 121 Å². The Hall–Kier alpha value is -1.63. The van der Waals surface area contributed by atoms with Gasteiger partial charge < -0.3 is 10.4 Å². The fourth-order valence-corrected chi connectivity index (χ4v) is 3.39.